The summed E-state index contributed by atoms with van der Waals surface area (Å²) in [4.78, 5) is 32.7. The summed E-state index contributed by atoms with van der Waals surface area (Å²) in [5.41, 5.74) is 1.90. The number of hydrogen-bond donors (Lipinski definition) is 1. The van der Waals surface area contributed by atoms with Crippen molar-refractivity contribution in [2.24, 2.45) is 0 Å². The number of thiazole rings is 1. The van der Waals surface area contributed by atoms with E-state index in [1.807, 2.05) is 47.2 Å². The minimum atomic E-state index is -0.902. The highest BCUT2D eigenvalue weighted by Gasteiger charge is 2.55. The third-order valence-electron chi connectivity index (χ3n) is 5.03. The summed E-state index contributed by atoms with van der Waals surface area (Å²) in [5, 5.41) is 7.80. The van der Waals surface area contributed by atoms with Gasteiger partial charge in [0.25, 0.3) is 5.91 Å². The second-order valence-corrected chi connectivity index (χ2v) is 8.31. The van der Waals surface area contributed by atoms with E-state index in [1.54, 1.807) is 11.3 Å². The van der Waals surface area contributed by atoms with Crippen LogP contribution in [0.15, 0.2) is 47.2 Å². The van der Waals surface area contributed by atoms with Crippen LogP contribution < -0.4 is 5.32 Å². The molecule has 0 saturated carbocycles. The van der Waals surface area contributed by atoms with Crippen LogP contribution in [-0.4, -0.2) is 21.8 Å². The minimum absolute atomic E-state index is 0.168. The van der Waals surface area contributed by atoms with E-state index in [0.29, 0.717) is 6.42 Å². The Labute approximate surface area is 158 Å². The van der Waals surface area contributed by atoms with Crippen molar-refractivity contribution in [3.8, 4) is 9.88 Å². The van der Waals surface area contributed by atoms with Crippen LogP contribution in [0.25, 0.3) is 9.88 Å². The van der Waals surface area contributed by atoms with Crippen LogP contribution in [0.2, 0.25) is 0 Å². The first kappa shape index (κ1) is 15.7. The number of nitrogens with one attached hydrogen (secondary N) is 1. The summed E-state index contributed by atoms with van der Waals surface area (Å²) in [6, 6.07) is 11.5. The molecule has 0 unspecified atom stereocenters. The number of imide groups is 1. The summed E-state index contributed by atoms with van der Waals surface area (Å²) < 4.78 is 0. The lowest BCUT2D eigenvalue weighted by Gasteiger charge is -2.22. The van der Waals surface area contributed by atoms with Crippen LogP contribution in [0.3, 0.4) is 0 Å². The Morgan fingerprint density at radius 2 is 2.04 bits per heavy atom. The molecule has 1 aromatic carbocycles. The molecule has 5 nitrogen and oxygen atoms in total. The van der Waals surface area contributed by atoms with E-state index in [1.165, 1.54) is 16.2 Å². The number of benzene rings is 1. The third-order valence-corrected chi connectivity index (χ3v) is 6.96. The van der Waals surface area contributed by atoms with Crippen LogP contribution in [0.4, 0.5) is 4.79 Å². The Hall–Kier alpha value is -2.51. The number of carbonyl (C=O) groups excluding carboxylic acids is 2. The molecule has 1 N–H and O–H groups in total. The monoisotopic (exact) mass is 381 g/mol. The number of nitrogens with zero attached hydrogens (tertiary/aromatic N) is 2. The maximum absolute atomic E-state index is 13.2. The highest BCUT2D eigenvalue weighted by atomic mass is 32.1. The van der Waals surface area contributed by atoms with Crippen LogP contribution >= 0.6 is 22.7 Å². The van der Waals surface area contributed by atoms with Gasteiger partial charge < -0.3 is 5.32 Å². The van der Waals surface area contributed by atoms with Gasteiger partial charge in [-0.1, -0.05) is 30.3 Å². The van der Waals surface area contributed by atoms with Gasteiger partial charge in [0.2, 0.25) is 0 Å². The van der Waals surface area contributed by atoms with Crippen molar-refractivity contribution in [3.05, 3.63) is 64.0 Å². The predicted molar refractivity (Wildman–Crippen MR) is 101 cm³/mol. The molecule has 7 heteroatoms. The number of rotatable bonds is 3. The maximum Gasteiger partial charge on any atom is 0.325 e. The van der Waals surface area contributed by atoms with Gasteiger partial charge in [-0.15, -0.1) is 22.7 Å². The largest absolute Gasteiger partial charge is 0.325 e. The number of aromatic nitrogens is 1. The zero-order valence-corrected chi connectivity index (χ0v) is 15.4. The molecule has 0 bridgehead atoms. The Balaban J connectivity index is 1.43. The molecule has 1 saturated heterocycles. The van der Waals surface area contributed by atoms with Gasteiger partial charge in [0.15, 0.2) is 0 Å². The zero-order chi connectivity index (χ0) is 17.7. The molecule has 3 aromatic rings. The van der Waals surface area contributed by atoms with Crippen molar-refractivity contribution < 1.29 is 9.59 Å². The van der Waals surface area contributed by atoms with Gasteiger partial charge >= 0.3 is 6.03 Å². The van der Waals surface area contributed by atoms with E-state index in [4.69, 9.17) is 0 Å². The SMILES string of the molecule is O=C1N[C@]2(CCc3ccccc32)C(=O)N1Cc1csc(-c2cccs2)n1. The first-order valence-electron chi connectivity index (χ1n) is 8.38. The van der Waals surface area contributed by atoms with E-state index in [0.717, 1.165) is 33.1 Å². The van der Waals surface area contributed by atoms with Gasteiger partial charge in [0, 0.05) is 5.38 Å². The summed E-state index contributed by atoms with van der Waals surface area (Å²) in [7, 11) is 0. The van der Waals surface area contributed by atoms with Crippen LogP contribution in [0, 0.1) is 0 Å². The lowest BCUT2D eigenvalue weighted by atomic mass is 9.92. The topological polar surface area (TPSA) is 62.3 Å². The fraction of sp³-hybridized carbons (Fsp3) is 0.211. The Morgan fingerprint density at radius 3 is 2.88 bits per heavy atom. The maximum atomic E-state index is 13.2. The quantitative estimate of drug-likeness (QED) is 0.703. The van der Waals surface area contributed by atoms with Crippen LogP contribution in [0.1, 0.15) is 23.2 Å². The second kappa shape index (κ2) is 5.75. The third kappa shape index (κ3) is 2.24. The van der Waals surface area contributed by atoms with Crippen molar-refractivity contribution in [2.75, 3.05) is 0 Å². The van der Waals surface area contributed by atoms with Gasteiger partial charge in [-0.3, -0.25) is 9.69 Å². The lowest BCUT2D eigenvalue weighted by Crippen LogP contribution is -2.41. The normalized spacial score (nSPS) is 21.5. The molecule has 3 amide bonds. The molecular weight excluding hydrogens is 366 g/mol. The summed E-state index contributed by atoms with van der Waals surface area (Å²) in [5.74, 6) is -0.168. The molecule has 1 spiro atoms. The molecule has 1 aliphatic carbocycles. The second-order valence-electron chi connectivity index (χ2n) is 6.51. The number of aryl methyl sites for hydroxylation is 1. The van der Waals surface area contributed by atoms with Crippen LogP contribution in [0.5, 0.6) is 0 Å². The zero-order valence-electron chi connectivity index (χ0n) is 13.8. The Bertz CT molecular complexity index is 1010. The van der Waals surface area contributed by atoms with Gasteiger partial charge in [0.05, 0.1) is 17.1 Å². The fourth-order valence-corrected chi connectivity index (χ4v) is 5.41. The highest BCUT2D eigenvalue weighted by molar-refractivity contribution is 7.20. The number of hydrogen-bond acceptors (Lipinski definition) is 5. The average Bonchev–Trinajstić information content (AvgIpc) is 3.41. The van der Waals surface area contributed by atoms with Crippen molar-refractivity contribution in [1.29, 1.82) is 0 Å². The average molecular weight is 381 g/mol. The lowest BCUT2D eigenvalue weighted by molar-refractivity contribution is -0.132. The molecule has 130 valence electrons. The van der Waals surface area contributed by atoms with Gasteiger partial charge in [0.1, 0.15) is 10.5 Å². The number of urea groups is 1. The van der Waals surface area contributed by atoms with Gasteiger partial charge in [-0.05, 0) is 35.4 Å². The molecule has 5 rings (SSSR count). The number of fused-ring (bicyclic) bond motifs is 2. The van der Waals surface area contributed by atoms with E-state index >= 15 is 0 Å². The van der Waals surface area contributed by atoms with Gasteiger partial charge in [-0.25, -0.2) is 9.78 Å². The molecule has 26 heavy (non-hydrogen) atoms. The molecule has 1 aliphatic heterocycles. The number of thiophene rings is 1. The van der Waals surface area contributed by atoms with Gasteiger partial charge in [-0.2, -0.15) is 0 Å². The standard InChI is InChI=1S/C19H15N3O2S2/c23-17-19(8-7-12-4-1-2-5-14(12)19)21-18(24)22(17)10-13-11-26-16(20-13)15-6-3-9-25-15/h1-6,9,11H,7-8,10H2,(H,21,24)/t19-/m0/s1. The summed E-state index contributed by atoms with van der Waals surface area (Å²) in [6.45, 7) is 0.205. The highest BCUT2D eigenvalue weighted by Crippen LogP contribution is 2.41. The molecule has 1 fully saturated rings. The minimum Gasteiger partial charge on any atom is -0.319 e. The van der Waals surface area contributed by atoms with E-state index in [-0.39, 0.29) is 18.5 Å². The van der Waals surface area contributed by atoms with Crippen molar-refractivity contribution in [2.45, 2.75) is 24.9 Å². The van der Waals surface area contributed by atoms with E-state index in [9.17, 15) is 9.59 Å². The first-order chi connectivity index (χ1) is 12.7. The Morgan fingerprint density at radius 1 is 1.15 bits per heavy atom. The summed E-state index contributed by atoms with van der Waals surface area (Å²) in [6.07, 6.45) is 1.42. The van der Waals surface area contributed by atoms with E-state index < -0.39 is 5.54 Å². The number of amides is 3. The molecule has 2 aromatic heterocycles. The smallest absolute Gasteiger partial charge is 0.319 e. The molecule has 0 radical (unpaired) electrons. The Kier molecular flexibility index (Phi) is 3.48. The fourth-order valence-electron chi connectivity index (χ4n) is 3.79. The molecule has 3 heterocycles. The van der Waals surface area contributed by atoms with Crippen LogP contribution in [-0.2, 0) is 23.3 Å². The van der Waals surface area contributed by atoms with Crippen molar-refractivity contribution in [3.63, 3.8) is 0 Å². The van der Waals surface area contributed by atoms with Crippen molar-refractivity contribution >= 4 is 34.6 Å². The molecule has 1 atom stereocenters. The summed E-state index contributed by atoms with van der Waals surface area (Å²) >= 11 is 3.16. The molecule has 2 aliphatic rings. The number of carbonyl (C=O) groups is 2. The van der Waals surface area contributed by atoms with Crippen molar-refractivity contribution in [1.82, 2.24) is 15.2 Å². The van der Waals surface area contributed by atoms with E-state index in [2.05, 4.69) is 10.3 Å². The predicted octanol–water partition coefficient (Wildman–Crippen LogP) is 3.77. The first-order valence-corrected chi connectivity index (χ1v) is 10.1. The molecular formula is C19H15N3O2S2.